The molecule has 8 heteroatoms. The molecule has 0 amide bonds. The number of carboxylic acid groups (broad SMARTS) is 1. The molecule has 3 rings (SSSR count). The van der Waals surface area contributed by atoms with E-state index in [1.54, 1.807) is 0 Å². The highest BCUT2D eigenvalue weighted by molar-refractivity contribution is 7.86. The fraction of sp³-hybridized carbons (Fsp3) is 0.929. The minimum atomic E-state index is -3.62. The van der Waals surface area contributed by atoms with Gasteiger partial charge in [-0.1, -0.05) is 6.42 Å². The summed E-state index contributed by atoms with van der Waals surface area (Å²) in [5.74, 6) is -0.910. The van der Waals surface area contributed by atoms with Crippen LogP contribution in [0.3, 0.4) is 0 Å². The second-order valence-corrected chi connectivity index (χ2v) is 8.85. The number of rotatable bonds is 3. The molecule has 1 saturated carbocycles. The van der Waals surface area contributed by atoms with Crippen LogP contribution in [0.4, 0.5) is 0 Å². The van der Waals surface area contributed by atoms with Gasteiger partial charge in [-0.2, -0.15) is 17.0 Å². The summed E-state index contributed by atoms with van der Waals surface area (Å²) in [6, 6.07) is 0. The Morgan fingerprint density at radius 2 is 1.82 bits per heavy atom. The maximum absolute atomic E-state index is 12.9. The highest BCUT2D eigenvalue weighted by Gasteiger charge is 2.57. The molecule has 3 aliphatic rings. The summed E-state index contributed by atoms with van der Waals surface area (Å²) in [6.07, 6.45) is 1.96. The van der Waals surface area contributed by atoms with Crippen LogP contribution in [0.1, 0.15) is 33.1 Å². The van der Waals surface area contributed by atoms with Crippen LogP contribution in [0, 0.1) is 11.3 Å². The number of hydrogen-bond acceptors (Lipinski definition) is 4. The van der Waals surface area contributed by atoms with Crippen LogP contribution in [0.5, 0.6) is 0 Å². The molecule has 0 radical (unpaired) electrons. The van der Waals surface area contributed by atoms with Gasteiger partial charge in [0.15, 0.2) is 0 Å². The van der Waals surface area contributed by atoms with Gasteiger partial charge in [-0.25, -0.2) is 0 Å². The number of fused-ring (bicyclic) bond motifs is 1. The van der Waals surface area contributed by atoms with Crippen LogP contribution in [-0.4, -0.2) is 66.5 Å². The Bertz CT molecular complexity index is 556. The fourth-order valence-corrected chi connectivity index (χ4v) is 6.14. The van der Waals surface area contributed by atoms with Crippen molar-refractivity contribution in [1.82, 2.24) is 8.61 Å². The first-order valence-corrected chi connectivity index (χ1v) is 9.29. The summed E-state index contributed by atoms with van der Waals surface area (Å²) in [7, 11) is -3.62. The molecule has 1 aliphatic carbocycles. The Labute approximate surface area is 131 Å². The van der Waals surface area contributed by atoms with Gasteiger partial charge in [0.05, 0.1) is 17.6 Å². The monoisotopic (exact) mass is 332 g/mol. The van der Waals surface area contributed by atoms with Crippen molar-refractivity contribution in [2.24, 2.45) is 11.3 Å². The van der Waals surface area contributed by atoms with E-state index >= 15 is 0 Å². The van der Waals surface area contributed by atoms with E-state index < -0.39 is 21.6 Å². The summed E-state index contributed by atoms with van der Waals surface area (Å²) < 4.78 is 34.2. The molecule has 4 atom stereocenters. The van der Waals surface area contributed by atoms with E-state index in [9.17, 15) is 18.3 Å². The van der Waals surface area contributed by atoms with E-state index in [0.717, 1.165) is 12.8 Å². The first-order chi connectivity index (χ1) is 10.3. The molecule has 1 N–H and O–H groups in total. The lowest BCUT2D eigenvalue weighted by Gasteiger charge is -2.36. The van der Waals surface area contributed by atoms with Crippen molar-refractivity contribution in [2.75, 3.05) is 26.2 Å². The second kappa shape index (κ2) is 5.43. The third-order valence-electron chi connectivity index (χ3n) is 5.30. The summed E-state index contributed by atoms with van der Waals surface area (Å²) >= 11 is 0. The zero-order valence-corrected chi connectivity index (χ0v) is 13.9. The molecule has 2 aliphatic heterocycles. The number of aliphatic carboxylic acids is 1. The van der Waals surface area contributed by atoms with Crippen molar-refractivity contribution in [3.8, 4) is 0 Å². The van der Waals surface area contributed by atoms with E-state index in [1.165, 1.54) is 8.61 Å². The summed E-state index contributed by atoms with van der Waals surface area (Å²) in [4.78, 5) is 11.7. The molecule has 3 fully saturated rings. The van der Waals surface area contributed by atoms with Crippen LogP contribution in [0.25, 0.3) is 0 Å². The van der Waals surface area contributed by atoms with Gasteiger partial charge >= 0.3 is 5.97 Å². The van der Waals surface area contributed by atoms with Gasteiger partial charge in [-0.3, -0.25) is 4.79 Å². The van der Waals surface area contributed by atoms with Crippen molar-refractivity contribution < 1.29 is 23.1 Å². The molecular weight excluding hydrogens is 308 g/mol. The molecule has 2 unspecified atom stereocenters. The molecule has 2 heterocycles. The first kappa shape index (κ1) is 16.2. The van der Waals surface area contributed by atoms with Crippen LogP contribution in [-0.2, 0) is 19.7 Å². The van der Waals surface area contributed by atoms with Gasteiger partial charge in [0.25, 0.3) is 10.2 Å². The number of nitrogens with zero attached hydrogens (tertiary/aromatic N) is 2. The normalized spacial score (nSPS) is 40.7. The van der Waals surface area contributed by atoms with E-state index in [0.29, 0.717) is 26.1 Å². The third kappa shape index (κ3) is 2.46. The average molecular weight is 332 g/mol. The summed E-state index contributed by atoms with van der Waals surface area (Å²) in [5.41, 5.74) is -0.878. The van der Waals surface area contributed by atoms with Crippen LogP contribution in [0.15, 0.2) is 0 Å². The van der Waals surface area contributed by atoms with Crippen molar-refractivity contribution in [3.63, 3.8) is 0 Å². The third-order valence-corrected chi connectivity index (χ3v) is 7.19. The number of ether oxygens (including phenoxy) is 1. The standard InChI is InChI=1S/C14H24N2O5S/c1-10-6-15(7-11(2)21-10)22(19,20)16-8-12-4-3-5-14(12,9-16)13(17)18/h10-12H,3-9H2,1-2H3,(H,17,18)/t10?,11?,12-,14+/m0/s1. The van der Waals surface area contributed by atoms with E-state index in [2.05, 4.69) is 0 Å². The number of carboxylic acids is 1. The summed E-state index contributed by atoms with van der Waals surface area (Å²) in [6.45, 7) is 4.80. The maximum Gasteiger partial charge on any atom is 0.311 e. The second-order valence-electron chi connectivity index (χ2n) is 6.93. The van der Waals surface area contributed by atoms with Crippen molar-refractivity contribution >= 4 is 16.2 Å². The quantitative estimate of drug-likeness (QED) is 0.814. The zero-order chi connectivity index (χ0) is 16.1. The van der Waals surface area contributed by atoms with Gasteiger partial charge in [-0.05, 0) is 32.6 Å². The van der Waals surface area contributed by atoms with Gasteiger partial charge in [0, 0.05) is 26.2 Å². The molecule has 0 aromatic carbocycles. The minimum Gasteiger partial charge on any atom is -0.481 e. The molecule has 0 spiro atoms. The van der Waals surface area contributed by atoms with Gasteiger partial charge in [0.2, 0.25) is 0 Å². The fourth-order valence-electron chi connectivity index (χ4n) is 4.25. The maximum atomic E-state index is 12.9. The number of hydrogen-bond donors (Lipinski definition) is 1. The zero-order valence-electron chi connectivity index (χ0n) is 13.1. The van der Waals surface area contributed by atoms with Gasteiger partial charge in [0.1, 0.15) is 0 Å². The highest BCUT2D eigenvalue weighted by Crippen LogP contribution is 2.49. The lowest BCUT2D eigenvalue weighted by molar-refractivity contribution is -0.149. The predicted octanol–water partition coefficient (Wildman–Crippen LogP) is 0.527. The minimum absolute atomic E-state index is 0.0596. The Hall–Kier alpha value is -0.700. The first-order valence-electron chi connectivity index (χ1n) is 7.90. The molecule has 2 saturated heterocycles. The smallest absolute Gasteiger partial charge is 0.311 e. The van der Waals surface area contributed by atoms with Crippen LogP contribution >= 0.6 is 0 Å². The van der Waals surface area contributed by atoms with E-state index in [1.807, 2.05) is 13.8 Å². The summed E-state index contributed by atoms with van der Waals surface area (Å²) in [5, 5.41) is 9.60. The van der Waals surface area contributed by atoms with E-state index in [-0.39, 0.29) is 24.7 Å². The van der Waals surface area contributed by atoms with Crippen LogP contribution < -0.4 is 0 Å². The largest absolute Gasteiger partial charge is 0.481 e. The molecule has 0 aromatic rings. The van der Waals surface area contributed by atoms with Gasteiger partial charge in [-0.15, -0.1) is 0 Å². The Balaban J connectivity index is 1.81. The van der Waals surface area contributed by atoms with Gasteiger partial charge < -0.3 is 9.84 Å². The highest BCUT2D eigenvalue weighted by atomic mass is 32.2. The van der Waals surface area contributed by atoms with E-state index in [4.69, 9.17) is 4.74 Å². The molecule has 0 aromatic heterocycles. The lowest BCUT2D eigenvalue weighted by Crippen LogP contribution is -2.53. The average Bonchev–Trinajstić information content (AvgIpc) is 2.94. The SMILES string of the molecule is CC1CN(S(=O)(=O)N2C[C@@H]3CCC[C@@]3(C(=O)O)C2)CC(C)O1. The Morgan fingerprint density at radius 3 is 2.36 bits per heavy atom. The molecule has 126 valence electrons. The molecule has 7 nitrogen and oxygen atoms in total. The number of carbonyl (C=O) groups is 1. The Kier molecular flexibility index (Phi) is 3.99. The van der Waals surface area contributed by atoms with Crippen molar-refractivity contribution in [1.29, 1.82) is 0 Å². The molecular formula is C14H24N2O5S. The Morgan fingerprint density at radius 1 is 1.18 bits per heavy atom. The topological polar surface area (TPSA) is 87.2 Å². The predicted molar refractivity (Wildman–Crippen MR) is 79.5 cm³/mol. The lowest BCUT2D eigenvalue weighted by atomic mass is 9.81. The molecule has 0 bridgehead atoms. The van der Waals surface area contributed by atoms with Crippen molar-refractivity contribution in [2.45, 2.75) is 45.3 Å². The van der Waals surface area contributed by atoms with Crippen LogP contribution in [0.2, 0.25) is 0 Å². The van der Waals surface area contributed by atoms with Crippen molar-refractivity contribution in [3.05, 3.63) is 0 Å². The number of morpholine rings is 1. The molecule has 22 heavy (non-hydrogen) atoms.